The Hall–Kier alpha value is -0.770. The molecule has 1 N–H and O–H groups in total. The van der Waals surface area contributed by atoms with Gasteiger partial charge in [0.1, 0.15) is 6.26 Å². The number of carbonyl (C=O) groups is 1. The number of furan rings is 1. The first kappa shape index (κ1) is 12.7. The van der Waals surface area contributed by atoms with Crippen molar-refractivity contribution >= 4 is 21.8 Å². The maximum Gasteiger partial charge on any atom is 0.254 e. The Balaban J connectivity index is 1.82. The maximum absolute atomic E-state index is 11.8. The number of hydrogen-bond donors (Lipinski definition) is 1. The van der Waals surface area contributed by atoms with Crippen LogP contribution in [0.15, 0.2) is 23.0 Å². The fourth-order valence-electron chi connectivity index (χ4n) is 2.48. The average Bonchev–Trinajstić information content (AvgIpc) is 2.90. The summed E-state index contributed by atoms with van der Waals surface area (Å²) in [7, 11) is 0. The van der Waals surface area contributed by atoms with Crippen molar-refractivity contribution in [3.8, 4) is 0 Å². The molecule has 1 amide bonds. The molecule has 17 heavy (non-hydrogen) atoms. The van der Waals surface area contributed by atoms with Gasteiger partial charge in [0.05, 0.1) is 11.8 Å². The second-order valence-corrected chi connectivity index (χ2v) is 5.33. The molecule has 1 aliphatic carbocycles. The van der Waals surface area contributed by atoms with Crippen LogP contribution in [0.2, 0.25) is 0 Å². The van der Waals surface area contributed by atoms with E-state index >= 15 is 0 Å². The van der Waals surface area contributed by atoms with E-state index in [4.69, 9.17) is 4.42 Å². The Labute approximate surface area is 110 Å². The summed E-state index contributed by atoms with van der Waals surface area (Å²) >= 11 is 3.57. The van der Waals surface area contributed by atoms with Gasteiger partial charge in [-0.2, -0.15) is 0 Å². The van der Waals surface area contributed by atoms with Crippen LogP contribution >= 0.6 is 15.9 Å². The molecule has 0 spiro atoms. The predicted octanol–water partition coefficient (Wildman–Crippen LogP) is 3.21. The number of carbonyl (C=O) groups excluding carboxylic acids is 1. The molecule has 2 unspecified atom stereocenters. The number of alkyl halides is 1. The van der Waals surface area contributed by atoms with Gasteiger partial charge in [0.2, 0.25) is 0 Å². The van der Waals surface area contributed by atoms with Gasteiger partial charge in [-0.1, -0.05) is 28.8 Å². The molecule has 2 rings (SSSR count). The minimum absolute atomic E-state index is 0.0300. The smallest absolute Gasteiger partial charge is 0.254 e. The van der Waals surface area contributed by atoms with Crippen molar-refractivity contribution in [2.45, 2.75) is 25.7 Å². The Bertz CT molecular complexity index is 350. The largest absolute Gasteiger partial charge is 0.472 e. The lowest BCUT2D eigenvalue weighted by Crippen LogP contribution is -2.34. The zero-order valence-electron chi connectivity index (χ0n) is 9.82. The molecule has 94 valence electrons. The van der Waals surface area contributed by atoms with Gasteiger partial charge in [-0.3, -0.25) is 4.79 Å². The van der Waals surface area contributed by atoms with E-state index in [1.165, 1.54) is 38.2 Å². The number of hydrogen-bond acceptors (Lipinski definition) is 2. The van der Waals surface area contributed by atoms with E-state index in [-0.39, 0.29) is 5.91 Å². The number of rotatable bonds is 4. The van der Waals surface area contributed by atoms with Crippen molar-refractivity contribution in [2.75, 3.05) is 11.9 Å². The molecule has 1 saturated carbocycles. The molecule has 1 aromatic heterocycles. The number of amides is 1. The first-order chi connectivity index (χ1) is 8.31. The Morgan fingerprint density at radius 2 is 2.18 bits per heavy atom. The normalized spacial score (nSPS) is 24.5. The highest BCUT2D eigenvalue weighted by molar-refractivity contribution is 9.09. The van der Waals surface area contributed by atoms with Gasteiger partial charge in [0, 0.05) is 11.9 Å². The number of nitrogens with one attached hydrogen (secondary N) is 1. The number of halogens is 1. The molecule has 1 heterocycles. The Morgan fingerprint density at radius 3 is 2.82 bits per heavy atom. The average molecular weight is 300 g/mol. The minimum Gasteiger partial charge on any atom is -0.472 e. The third-order valence-electron chi connectivity index (χ3n) is 3.57. The molecule has 0 aromatic carbocycles. The van der Waals surface area contributed by atoms with Gasteiger partial charge in [0.25, 0.3) is 5.91 Å². The molecule has 0 bridgehead atoms. The highest BCUT2D eigenvalue weighted by Gasteiger charge is 2.24. The second-order valence-electron chi connectivity index (χ2n) is 4.68. The monoisotopic (exact) mass is 299 g/mol. The fraction of sp³-hybridized carbons (Fsp3) is 0.615. The molecule has 0 saturated heterocycles. The Kier molecular flexibility index (Phi) is 4.66. The van der Waals surface area contributed by atoms with Gasteiger partial charge < -0.3 is 9.73 Å². The van der Waals surface area contributed by atoms with E-state index in [0.717, 1.165) is 11.9 Å². The summed E-state index contributed by atoms with van der Waals surface area (Å²) in [5.41, 5.74) is 0.608. The first-order valence-electron chi connectivity index (χ1n) is 6.17. The van der Waals surface area contributed by atoms with Crippen LogP contribution in [-0.2, 0) is 0 Å². The molecular weight excluding hydrogens is 282 g/mol. The van der Waals surface area contributed by atoms with Crippen LogP contribution < -0.4 is 5.32 Å². The third-order valence-corrected chi connectivity index (χ3v) is 4.40. The third kappa shape index (κ3) is 3.35. The standard InChI is InChI=1S/C13H18BrNO2/c14-7-10-3-1-2-4-11(10)8-15-13(16)12-5-6-17-9-12/h5-6,9-11H,1-4,7-8H2,(H,15,16). The molecule has 1 aliphatic rings. The van der Waals surface area contributed by atoms with Gasteiger partial charge in [-0.25, -0.2) is 0 Å². The zero-order valence-corrected chi connectivity index (χ0v) is 11.4. The topological polar surface area (TPSA) is 42.2 Å². The molecule has 1 aromatic rings. The summed E-state index contributed by atoms with van der Waals surface area (Å²) in [6.45, 7) is 0.778. The lowest BCUT2D eigenvalue weighted by atomic mass is 9.80. The van der Waals surface area contributed by atoms with Crippen molar-refractivity contribution in [3.63, 3.8) is 0 Å². The van der Waals surface area contributed by atoms with Crippen molar-refractivity contribution < 1.29 is 9.21 Å². The van der Waals surface area contributed by atoms with E-state index in [0.29, 0.717) is 17.4 Å². The summed E-state index contributed by atoms with van der Waals surface area (Å²) in [6, 6.07) is 1.69. The molecule has 2 atom stereocenters. The highest BCUT2D eigenvalue weighted by atomic mass is 79.9. The van der Waals surface area contributed by atoms with Crippen molar-refractivity contribution in [1.82, 2.24) is 5.32 Å². The van der Waals surface area contributed by atoms with E-state index in [9.17, 15) is 4.79 Å². The van der Waals surface area contributed by atoms with Crippen LogP contribution in [0.3, 0.4) is 0 Å². The highest BCUT2D eigenvalue weighted by Crippen LogP contribution is 2.30. The van der Waals surface area contributed by atoms with Crippen molar-refractivity contribution in [2.24, 2.45) is 11.8 Å². The van der Waals surface area contributed by atoms with Crippen molar-refractivity contribution in [3.05, 3.63) is 24.2 Å². The molecule has 1 fully saturated rings. The first-order valence-corrected chi connectivity index (χ1v) is 7.29. The van der Waals surface area contributed by atoms with Gasteiger partial charge in [-0.05, 0) is 30.7 Å². The fourth-order valence-corrected chi connectivity index (χ4v) is 3.33. The Morgan fingerprint density at radius 1 is 1.41 bits per heavy atom. The second kappa shape index (κ2) is 6.24. The molecule has 0 radical (unpaired) electrons. The molecule has 3 nitrogen and oxygen atoms in total. The van der Waals surface area contributed by atoms with E-state index in [1.54, 1.807) is 6.07 Å². The lowest BCUT2D eigenvalue weighted by molar-refractivity contribution is 0.0936. The zero-order chi connectivity index (χ0) is 12.1. The summed E-state index contributed by atoms with van der Waals surface area (Å²) in [4.78, 5) is 11.8. The summed E-state index contributed by atoms with van der Waals surface area (Å²) in [5.74, 6) is 1.28. The van der Waals surface area contributed by atoms with Crippen LogP contribution in [0.1, 0.15) is 36.0 Å². The quantitative estimate of drug-likeness (QED) is 0.868. The van der Waals surface area contributed by atoms with E-state index in [2.05, 4.69) is 21.2 Å². The summed E-state index contributed by atoms with van der Waals surface area (Å²) in [6.07, 6.45) is 8.12. The summed E-state index contributed by atoms with van der Waals surface area (Å²) < 4.78 is 4.90. The SMILES string of the molecule is O=C(NCC1CCCCC1CBr)c1ccoc1. The van der Waals surface area contributed by atoms with E-state index in [1.807, 2.05) is 0 Å². The molecule has 0 aliphatic heterocycles. The van der Waals surface area contributed by atoms with Gasteiger partial charge in [0.15, 0.2) is 0 Å². The van der Waals surface area contributed by atoms with Crippen LogP contribution in [0.25, 0.3) is 0 Å². The molecule has 4 heteroatoms. The van der Waals surface area contributed by atoms with E-state index < -0.39 is 0 Å². The van der Waals surface area contributed by atoms with Crippen LogP contribution in [-0.4, -0.2) is 17.8 Å². The van der Waals surface area contributed by atoms with Crippen LogP contribution in [0.4, 0.5) is 0 Å². The van der Waals surface area contributed by atoms with Crippen LogP contribution in [0.5, 0.6) is 0 Å². The van der Waals surface area contributed by atoms with Gasteiger partial charge in [-0.15, -0.1) is 0 Å². The predicted molar refractivity (Wildman–Crippen MR) is 70.3 cm³/mol. The molecular formula is C13H18BrNO2. The maximum atomic E-state index is 11.8. The lowest BCUT2D eigenvalue weighted by Gasteiger charge is -2.30. The van der Waals surface area contributed by atoms with Gasteiger partial charge >= 0.3 is 0 Å². The minimum atomic E-state index is -0.0300. The summed E-state index contributed by atoms with van der Waals surface area (Å²) in [5, 5.41) is 4.04. The van der Waals surface area contributed by atoms with Crippen molar-refractivity contribution in [1.29, 1.82) is 0 Å². The van der Waals surface area contributed by atoms with Crippen LogP contribution in [0, 0.1) is 11.8 Å².